The Morgan fingerprint density at radius 1 is 1.14 bits per heavy atom. The minimum Gasteiger partial charge on any atom is -0.496 e. The van der Waals surface area contributed by atoms with Crippen molar-refractivity contribution in [3.63, 3.8) is 0 Å². The summed E-state index contributed by atoms with van der Waals surface area (Å²) in [5.74, 6) is 1.45. The van der Waals surface area contributed by atoms with E-state index in [-0.39, 0.29) is 42.7 Å². The number of fused-ring (bicyclic) bond motifs is 2. The van der Waals surface area contributed by atoms with E-state index in [9.17, 15) is 9.59 Å². The summed E-state index contributed by atoms with van der Waals surface area (Å²) in [6, 6.07) is 1.88. The van der Waals surface area contributed by atoms with Crippen molar-refractivity contribution in [2.75, 3.05) is 27.6 Å². The van der Waals surface area contributed by atoms with Gasteiger partial charge in [0.2, 0.25) is 24.1 Å². The fourth-order valence-electron chi connectivity index (χ4n) is 5.62. The molecule has 0 fully saturated rings. The molecule has 2 aliphatic heterocycles. The summed E-state index contributed by atoms with van der Waals surface area (Å²) in [6.07, 6.45) is 3.38. The van der Waals surface area contributed by atoms with Gasteiger partial charge in [-0.25, -0.2) is 4.79 Å². The molecule has 0 bridgehead atoms. The summed E-state index contributed by atoms with van der Waals surface area (Å²) in [7, 11) is 2.98. The maximum absolute atomic E-state index is 13.0. The predicted octanol–water partition coefficient (Wildman–Crippen LogP) is 4.29. The third-order valence-corrected chi connectivity index (χ3v) is 7.80. The molecule has 1 aromatic rings. The minimum absolute atomic E-state index is 0.0627. The van der Waals surface area contributed by atoms with Crippen LogP contribution in [0.25, 0.3) is 0 Å². The fraction of sp³-hybridized carbons (Fsp3) is 0.481. The number of esters is 1. The van der Waals surface area contributed by atoms with Gasteiger partial charge in [-0.05, 0) is 43.9 Å². The standard InChI is InChI=1S/C27H30O8/c1-7-13(2)26(29)35-21-15(4)14(3)8-16-9-18(28)22(30-5)25(31-6)27(16)11-32-24-20(27)17(21)10-19-23(24)34-12-33-19/h7,9-10,14-15,21H,8,11-12H2,1-6H3/b13-7+/t14-,15-,21+,27-/m0/s1. The Morgan fingerprint density at radius 2 is 1.91 bits per heavy atom. The maximum Gasteiger partial charge on any atom is 0.333 e. The van der Waals surface area contributed by atoms with Crippen LogP contribution in [0.2, 0.25) is 0 Å². The van der Waals surface area contributed by atoms with Gasteiger partial charge in [0.05, 0.1) is 14.2 Å². The molecule has 5 rings (SSSR count). The van der Waals surface area contributed by atoms with Crippen LogP contribution in [0.5, 0.6) is 17.2 Å². The van der Waals surface area contributed by atoms with E-state index in [4.69, 9.17) is 28.4 Å². The number of hydrogen-bond donors (Lipinski definition) is 0. The zero-order chi connectivity index (χ0) is 25.1. The van der Waals surface area contributed by atoms with Gasteiger partial charge >= 0.3 is 5.97 Å². The van der Waals surface area contributed by atoms with Gasteiger partial charge in [-0.2, -0.15) is 0 Å². The highest BCUT2D eigenvalue weighted by Gasteiger charge is 2.58. The molecule has 0 radical (unpaired) electrons. The van der Waals surface area contributed by atoms with Gasteiger partial charge in [0, 0.05) is 22.6 Å². The number of rotatable bonds is 4. The molecule has 8 nitrogen and oxygen atoms in total. The molecule has 0 saturated heterocycles. The molecule has 4 aliphatic rings. The Kier molecular flexibility index (Phi) is 5.57. The second-order valence-corrected chi connectivity index (χ2v) is 9.54. The summed E-state index contributed by atoms with van der Waals surface area (Å²) in [5.41, 5.74) is 2.00. The predicted molar refractivity (Wildman–Crippen MR) is 125 cm³/mol. The number of allylic oxidation sites excluding steroid dienone is 2. The van der Waals surface area contributed by atoms with Crippen molar-refractivity contribution >= 4 is 11.8 Å². The topological polar surface area (TPSA) is 89.5 Å². The van der Waals surface area contributed by atoms with Crippen molar-refractivity contribution in [3.8, 4) is 17.2 Å². The molecule has 4 atom stereocenters. The van der Waals surface area contributed by atoms with Crippen molar-refractivity contribution in [2.45, 2.75) is 45.6 Å². The Bertz CT molecular complexity index is 1210. The molecule has 0 saturated carbocycles. The van der Waals surface area contributed by atoms with Gasteiger partial charge < -0.3 is 28.4 Å². The first kappa shape index (κ1) is 23.3. The van der Waals surface area contributed by atoms with Crippen molar-refractivity contribution < 1.29 is 38.0 Å². The monoisotopic (exact) mass is 482 g/mol. The summed E-state index contributed by atoms with van der Waals surface area (Å²) < 4.78 is 35.4. The Balaban J connectivity index is 1.83. The van der Waals surface area contributed by atoms with Gasteiger partial charge in [-0.15, -0.1) is 0 Å². The van der Waals surface area contributed by atoms with E-state index in [1.807, 2.05) is 6.07 Å². The van der Waals surface area contributed by atoms with E-state index in [1.165, 1.54) is 14.2 Å². The normalized spacial score (nSPS) is 28.9. The highest BCUT2D eigenvalue weighted by atomic mass is 16.7. The number of carbonyl (C=O) groups is 2. The maximum atomic E-state index is 13.0. The molecule has 2 heterocycles. The minimum atomic E-state index is -0.922. The lowest BCUT2D eigenvalue weighted by molar-refractivity contribution is -0.148. The van der Waals surface area contributed by atoms with Crippen LogP contribution in [0.4, 0.5) is 0 Å². The average Bonchev–Trinajstić information content (AvgIpc) is 3.47. The highest BCUT2D eigenvalue weighted by Crippen LogP contribution is 2.62. The van der Waals surface area contributed by atoms with Crippen LogP contribution in [-0.4, -0.2) is 39.4 Å². The van der Waals surface area contributed by atoms with E-state index >= 15 is 0 Å². The molecule has 1 spiro atoms. The summed E-state index contributed by atoms with van der Waals surface area (Å²) in [5, 5.41) is 0. The van der Waals surface area contributed by atoms with Crippen LogP contribution in [0, 0.1) is 11.8 Å². The lowest BCUT2D eigenvalue weighted by Gasteiger charge is -2.42. The van der Waals surface area contributed by atoms with Crippen molar-refractivity contribution in [1.29, 1.82) is 0 Å². The lowest BCUT2D eigenvalue weighted by atomic mass is 9.62. The molecule has 0 N–H and O–H groups in total. The Morgan fingerprint density at radius 3 is 2.60 bits per heavy atom. The molecular formula is C27H30O8. The second-order valence-electron chi connectivity index (χ2n) is 9.54. The average molecular weight is 483 g/mol. The fourth-order valence-corrected chi connectivity index (χ4v) is 5.62. The Labute approximate surface area is 204 Å². The largest absolute Gasteiger partial charge is 0.496 e. The van der Waals surface area contributed by atoms with Crippen LogP contribution in [0.15, 0.2) is 40.9 Å². The summed E-state index contributed by atoms with van der Waals surface area (Å²) >= 11 is 0. The summed E-state index contributed by atoms with van der Waals surface area (Å²) in [4.78, 5) is 26.0. The second kappa shape index (κ2) is 8.36. The van der Waals surface area contributed by atoms with Crippen LogP contribution in [0.1, 0.15) is 51.3 Å². The quantitative estimate of drug-likeness (QED) is 0.464. The van der Waals surface area contributed by atoms with Gasteiger partial charge in [-0.1, -0.05) is 19.9 Å². The zero-order valence-electron chi connectivity index (χ0n) is 20.9. The first-order valence-corrected chi connectivity index (χ1v) is 11.8. The SMILES string of the molecule is C/C=C(\C)C(=O)O[C@H]1c2cc3c(c4c2[C@]2(CO4)C(=CC(=O)C(OC)=C2OC)C[C@H](C)[C@@H]1C)OCO3. The highest BCUT2D eigenvalue weighted by molar-refractivity contribution is 6.05. The van der Waals surface area contributed by atoms with Gasteiger partial charge in [0.15, 0.2) is 17.3 Å². The molecule has 35 heavy (non-hydrogen) atoms. The first-order valence-electron chi connectivity index (χ1n) is 11.8. The lowest BCUT2D eigenvalue weighted by Crippen LogP contribution is -2.42. The number of benzene rings is 1. The molecule has 0 unspecified atom stereocenters. The number of hydrogen-bond acceptors (Lipinski definition) is 8. The van der Waals surface area contributed by atoms with Crippen molar-refractivity contribution in [1.82, 2.24) is 0 Å². The molecule has 8 heteroatoms. The number of ketones is 1. The van der Waals surface area contributed by atoms with Gasteiger partial charge in [-0.3, -0.25) is 4.79 Å². The zero-order valence-corrected chi connectivity index (χ0v) is 20.9. The van der Waals surface area contributed by atoms with Crippen LogP contribution in [-0.2, 0) is 29.2 Å². The third-order valence-electron chi connectivity index (χ3n) is 7.80. The molecular weight excluding hydrogens is 452 g/mol. The van der Waals surface area contributed by atoms with Crippen LogP contribution >= 0.6 is 0 Å². The van der Waals surface area contributed by atoms with Crippen LogP contribution < -0.4 is 14.2 Å². The van der Waals surface area contributed by atoms with Crippen LogP contribution in [0.3, 0.4) is 0 Å². The molecule has 2 aliphatic carbocycles. The summed E-state index contributed by atoms with van der Waals surface area (Å²) in [6.45, 7) is 7.96. The van der Waals surface area contributed by atoms with E-state index in [1.54, 1.807) is 26.0 Å². The van der Waals surface area contributed by atoms with Gasteiger partial charge in [0.1, 0.15) is 18.1 Å². The molecule has 186 valence electrons. The van der Waals surface area contributed by atoms with Crippen molar-refractivity contribution in [2.24, 2.45) is 11.8 Å². The molecule has 0 amide bonds. The Hall–Kier alpha value is -3.42. The number of methoxy groups -OCH3 is 2. The van der Waals surface area contributed by atoms with Gasteiger partial charge in [0.25, 0.3) is 0 Å². The molecule has 1 aromatic carbocycles. The third kappa shape index (κ3) is 3.18. The van der Waals surface area contributed by atoms with E-state index in [2.05, 4.69) is 13.8 Å². The number of carbonyl (C=O) groups excluding carboxylic acids is 2. The van der Waals surface area contributed by atoms with E-state index in [0.29, 0.717) is 35.0 Å². The smallest absolute Gasteiger partial charge is 0.333 e. The number of ether oxygens (including phenoxy) is 6. The van der Waals surface area contributed by atoms with E-state index in [0.717, 1.165) is 16.7 Å². The van der Waals surface area contributed by atoms with Crippen molar-refractivity contribution in [3.05, 3.63) is 52.0 Å². The first-order chi connectivity index (χ1) is 16.8. The molecule has 0 aromatic heterocycles. The van der Waals surface area contributed by atoms with E-state index < -0.39 is 11.5 Å².